The van der Waals surface area contributed by atoms with Crippen LogP contribution < -0.4 is 9.47 Å². The highest BCUT2D eigenvalue weighted by Gasteiger charge is 2.35. The number of ether oxygens (including phenoxy) is 2. The zero-order valence-corrected chi connectivity index (χ0v) is 15.4. The molecule has 0 amide bonds. The molecule has 0 spiro atoms. The molecule has 0 saturated heterocycles. The quantitative estimate of drug-likeness (QED) is 0.774. The number of hydrogen-bond acceptors (Lipinski definition) is 5. The van der Waals surface area contributed by atoms with Gasteiger partial charge in [0.2, 0.25) is 5.88 Å². The van der Waals surface area contributed by atoms with Crippen LogP contribution in [0.1, 0.15) is 47.7 Å². The summed E-state index contributed by atoms with van der Waals surface area (Å²) in [4.78, 5) is 8.23. The summed E-state index contributed by atoms with van der Waals surface area (Å²) >= 11 is 0. The summed E-state index contributed by atoms with van der Waals surface area (Å²) in [6, 6.07) is 6.03. The first-order valence-electron chi connectivity index (χ1n) is 8.10. The van der Waals surface area contributed by atoms with Crippen LogP contribution >= 0.6 is 0 Å². The summed E-state index contributed by atoms with van der Waals surface area (Å²) in [5.74, 6) is -3.11. The molecule has 0 bridgehead atoms. The Morgan fingerprint density at radius 3 is 2.38 bits per heavy atom. The molecule has 138 valence electrons. The molecule has 2 rings (SSSR count). The van der Waals surface area contributed by atoms with Crippen LogP contribution in [0.3, 0.4) is 0 Å². The second kappa shape index (κ2) is 7.65. The van der Waals surface area contributed by atoms with E-state index in [1.165, 1.54) is 26.4 Å². The SMILES string of the molecule is COc1nc(CC(F)(F)c2cc(C)cc(C#N)c2)c(C(C)C)c(OC)n1. The molecule has 5 nitrogen and oxygen atoms in total. The van der Waals surface area contributed by atoms with E-state index in [-0.39, 0.29) is 34.6 Å². The standard InChI is InChI=1S/C19H21F2N3O2/c1-11(2)16-15(23-18(26-5)24-17(16)25-4)9-19(20,21)14-7-12(3)6-13(8-14)10-22/h6-8,11H,9H2,1-5H3. The predicted molar refractivity (Wildman–Crippen MR) is 92.7 cm³/mol. The topological polar surface area (TPSA) is 68.0 Å². The van der Waals surface area contributed by atoms with E-state index >= 15 is 8.78 Å². The number of benzene rings is 1. The van der Waals surface area contributed by atoms with Gasteiger partial charge in [0.15, 0.2) is 0 Å². The Hall–Kier alpha value is -2.75. The third kappa shape index (κ3) is 4.07. The number of alkyl halides is 2. The minimum atomic E-state index is -3.22. The first kappa shape index (κ1) is 19.6. The van der Waals surface area contributed by atoms with Gasteiger partial charge in [-0.25, -0.2) is 8.78 Å². The van der Waals surface area contributed by atoms with Gasteiger partial charge in [-0.3, -0.25) is 0 Å². The number of aromatic nitrogens is 2. The van der Waals surface area contributed by atoms with Crippen LogP contribution in [-0.2, 0) is 12.3 Å². The van der Waals surface area contributed by atoms with Crippen LogP contribution in [0.25, 0.3) is 0 Å². The fourth-order valence-electron chi connectivity index (χ4n) is 2.80. The van der Waals surface area contributed by atoms with Gasteiger partial charge in [0.05, 0.1) is 38.0 Å². The lowest BCUT2D eigenvalue weighted by atomic mass is 9.94. The summed E-state index contributed by atoms with van der Waals surface area (Å²) in [5, 5.41) is 9.05. The average Bonchev–Trinajstić information content (AvgIpc) is 2.59. The van der Waals surface area contributed by atoms with Crippen LogP contribution in [0.5, 0.6) is 11.9 Å². The van der Waals surface area contributed by atoms with Crippen LogP contribution in [0.15, 0.2) is 18.2 Å². The lowest BCUT2D eigenvalue weighted by Gasteiger charge is -2.21. The zero-order chi connectivity index (χ0) is 19.5. The Labute approximate surface area is 151 Å². The van der Waals surface area contributed by atoms with Gasteiger partial charge in [0.1, 0.15) is 0 Å². The molecule has 7 heteroatoms. The van der Waals surface area contributed by atoms with Crippen molar-refractivity contribution in [3.05, 3.63) is 46.1 Å². The molecule has 2 aromatic rings. The average molecular weight is 361 g/mol. The zero-order valence-electron chi connectivity index (χ0n) is 15.4. The first-order chi connectivity index (χ1) is 12.2. The fourth-order valence-corrected chi connectivity index (χ4v) is 2.80. The molecule has 1 heterocycles. The lowest BCUT2D eigenvalue weighted by Crippen LogP contribution is -2.20. The highest BCUT2D eigenvalue weighted by atomic mass is 19.3. The van der Waals surface area contributed by atoms with Crippen molar-refractivity contribution in [1.29, 1.82) is 5.26 Å². The molecule has 0 fully saturated rings. The molecule has 0 unspecified atom stereocenters. The molecule has 1 aromatic heterocycles. The number of halogens is 2. The van der Waals surface area contributed by atoms with Gasteiger partial charge >= 0.3 is 6.01 Å². The van der Waals surface area contributed by atoms with Gasteiger partial charge in [-0.2, -0.15) is 15.2 Å². The molecule has 0 aliphatic heterocycles. The molecule has 0 N–H and O–H groups in total. The molecule has 0 saturated carbocycles. The van der Waals surface area contributed by atoms with Crippen molar-refractivity contribution >= 4 is 0 Å². The number of hydrogen-bond donors (Lipinski definition) is 0. The van der Waals surface area contributed by atoms with E-state index in [9.17, 15) is 0 Å². The van der Waals surface area contributed by atoms with Crippen LogP contribution in [0, 0.1) is 18.3 Å². The maximum atomic E-state index is 15.0. The summed E-state index contributed by atoms with van der Waals surface area (Å²) < 4.78 is 40.3. The van der Waals surface area contributed by atoms with E-state index in [1.807, 2.05) is 19.9 Å². The van der Waals surface area contributed by atoms with Gasteiger partial charge in [0.25, 0.3) is 5.92 Å². The number of aryl methyl sites for hydroxylation is 1. The number of rotatable bonds is 6. The Balaban J connectivity index is 2.55. The molecular formula is C19H21F2N3O2. The lowest BCUT2D eigenvalue weighted by molar-refractivity contribution is -0.00530. The van der Waals surface area contributed by atoms with Gasteiger partial charge in [-0.05, 0) is 30.5 Å². The molecule has 0 radical (unpaired) electrons. The minimum Gasteiger partial charge on any atom is -0.481 e. The van der Waals surface area contributed by atoms with Crippen molar-refractivity contribution in [3.8, 4) is 18.0 Å². The molecule has 1 aromatic carbocycles. The van der Waals surface area contributed by atoms with E-state index in [2.05, 4.69) is 9.97 Å². The van der Waals surface area contributed by atoms with Crippen LogP contribution in [0.2, 0.25) is 0 Å². The van der Waals surface area contributed by atoms with Crippen molar-refractivity contribution in [2.45, 2.75) is 39.0 Å². The van der Waals surface area contributed by atoms with Crippen LogP contribution in [-0.4, -0.2) is 24.2 Å². The normalized spacial score (nSPS) is 11.3. The minimum absolute atomic E-state index is 0.0287. The number of methoxy groups -OCH3 is 2. The van der Waals surface area contributed by atoms with Gasteiger partial charge in [-0.15, -0.1) is 0 Å². The van der Waals surface area contributed by atoms with Gasteiger partial charge < -0.3 is 9.47 Å². The summed E-state index contributed by atoms with van der Waals surface area (Å²) in [6.07, 6.45) is -0.649. The largest absolute Gasteiger partial charge is 0.481 e. The fraction of sp³-hybridized carbons (Fsp3) is 0.421. The Bertz CT molecular complexity index is 845. The second-order valence-electron chi connectivity index (χ2n) is 6.32. The number of nitriles is 1. The van der Waals surface area contributed by atoms with E-state index < -0.39 is 12.3 Å². The van der Waals surface area contributed by atoms with Gasteiger partial charge in [0, 0.05) is 11.1 Å². The van der Waals surface area contributed by atoms with Crippen molar-refractivity contribution in [3.63, 3.8) is 0 Å². The highest BCUT2D eigenvalue weighted by molar-refractivity contribution is 5.41. The van der Waals surface area contributed by atoms with Gasteiger partial charge in [-0.1, -0.05) is 19.9 Å². The van der Waals surface area contributed by atoms with Crippen molar-refractivity contribution in [2.75, 3.05) is 14.2 Å². The van der Waals surface area contributed by atoms with E-state index in [4.69, 9.17) is 14.7 Å². The van der Waals surface area contributed by atoms with Crippen LogP contribution in [0.4, 0.5) is 8.78 Å². The van der Waals surface area contributed by atoms with E-state index in [0.29, 0.717) is 11.1 Å². The summed E-state index contributed by atoms with van der Waals surface area (Å²) in [7, 11) is 2.79. The van der Waals surface area contributed by atoms with Crippen molar-refractivity contribution < 1.29 is 18.3 Å². The Morgan fingerprint density at radius 1 is 1.15 bits per heavy atom. The Kier molecular flexibility index (Phi) is 5.76. The van der Waals surface area contributed by atoms with E-state index in [1.54, 1.807) is 13.0 Å². The molecule has 0 aliphatic carbocycles. The smallest absolute Gasteiger partial charge is 0.319 e. The monoisotopic (exact) mass is 361 g/mol. The maximum absolute atomic E-state index is 15.0. The summed E-state index contributed by atoms with van der Waals surface area (Å²) in [6.45, 7) is 5.39. The molecular weight excluding hydrogens is 340 g/mol. The predicted octanol–water partition coefficient (Wildman–Crippen LogP) is 4.13. The molecule has 0 atom stereocenters. The number of nitrogens with zero attached hydrogens (tertiary/aromatic N) is 3. The second-order valence-corrected chi connectivity index (χ2v) is 6.32. The first-order valence-corrected chi connectivity index (χ1v) is 8.10. The molecule has 0 aliphatic rings. The maximum Gasteiger partial charge on any atom is 0.319 e. The van der Waals surface area contributed by atoms with Crippen molar-refractivity contribution in [1.82, 2.24) is 9.97 Å². The van der Waals surface area contributed by atoms with E-state index in [0.717, 1.165) is 0 Å². The summed E-state index contributed by atoms with van der Waals surface area (Å²) in [5.41, 5.74) is 1.25. The third-order valence-corrected chi connectivity index (χ3v) is 3.94. The highest BCUT2D eigenvalue weighted by Crippen LogP contribution is 2.37. The third-order valence-electron chi connectivity index (χ3n) is 3.94. The molecule has 26 heavy (non-hydrogen) atoms. The Morgan fingerprint density at radius 2 is 1.85 bits per heavy atom. The van der Waals surface area contributed by atoms with Crippen molar-refractivity contribution in [2.24, 2.45) is 0 Å².